The summed E-state index contributed by atoms with van der Waals surface area (Å²) in [6.45, 7) is 4.10. The zero-order valence-electron chi connectivity index (χ0n) is 20.6. The van der Waals surface area contributed by atoms with Gasteiger partial charge in [0.15, 0.2) is 17.7 Å². The van der Waals surface area contributed by atoms with Crippen molar-refractivity contribution in [3.05, 3.63) is 43.0 Å². The van der Waals surface area contributed by atoms with E-state index in [2.05, 4.69) is 20.0 Å². The number of hydrogen-bond acceptors (Lipinski definition) is 11. The molecule has 1 aromatic carbocycles. The molecule has 0 amide bonds. The number of benzene rings is 1. The van der Waals surface area contributed by atoms with Gasteiger partial charge in [-0.25, -0.2) is 23.9 Å². The zero-order chi connectivity index (χ0) is 27.7. The Morgan fingerprint density at radius 2 is 2.03 bits per heavy atom. The molecule has 0 spiro atoms. The van der Waals surface area contributed by atoms with Crippen molar-refractivity contribution in [2.75, 3.05) is 12.3 Å². The third kappa shape index (κ3) is 5.90. The van der Waals surface area contributed by atoms with Crippen molar-refractivity contribution in [2.45, 2.75) is 56.5 Å². The maximum atomic E-state index is 15.5. The normalized spacial score (nSPS) is 25.8. The fourth-order valence-electron chi connectivity index (χ4n) is 3.65. The number of rotatable bonds is 10. The van der Waals surface area contributed by atoms with E-state index in [0.717, 1.165) is 10.9 Å². The van der Waals surface area contributed by atoms with Crippen molar-refractivity contribution in [1.82, 2.24) is 24.6 Å². The first-order valence-electron chi connectivity index (χ1n) is 11.5. The molecule has 1 saturated heterocycles. The summed E-state index contributed by atoms with van der Waals surface area (Å²) in [5, 5.41) is 10.3. The zero-order valence-corrected chi connectivity index (χ0v) is 22.3. The molecular weight excluding hydrogens is 546 g/mol. The highest BCUT2D eigenvalue weighted by atomic mass is 35.5. The molecule has 0 bridgehead atoms. The van der Waals surface area contributed by atoms with E-state index in [1.807, 2.05) is 0 Å². The van der Waals surface area contributed by atoms with E-state index in [1.165, 1.54) is 25.4 Å². The average molecular weight is 573 g/mol. The first kappa shape index (κ1) is 28.1. The number of nitrogens with zero attached hydrogens (tertiary/aromatic N) is 4. The molecule has 38 heavy (non-hydrogen) atoms. The van der Waals surface area contributed by atoms with E-state index in [9.17, 15) is 14.5 Å². The van der Waals surface area contributed by atoms with Crippen LogP contribution in [-0.2, 0) is 23.4 Å². The van der Waals surface area contributed by atoms with Crippen LogP contribution in [0.2, 0.25) is 0 Å². The number of carbonyl (C=O) groups is 1. The number of carbonyl (C=O) groups excluding carboxylic acids is 1. The predicted octanol–water partition coefficient (Wildman–Crippen LogP) is 2.70. The second-order valence-corrected chi connectivity index (χ2v) is 11.0. The van der Waals surface area contributed by atoms with Gasteiger partial charge < -0.3 is 24.8 Å². The van der Waals surface area contributed by atoms with Gasteiger partial charge in [-0.05, 0) is 32.9 Å². The molecule has 4 N–H and O–H groups in total. The molecule has 4 rings (SSSR count). The summed E-state index contributed by atoms with van der Waals surface area (Å²) < 4.78 is 52.2. The number of nitrogen functional groups attached to an aromatic ring is 1. The van der Waals surface area contributed by atoms with Crippen LogP contribution in [0.25, 0.3) is 11.2 Å². The van der Waals surface area contributed by atoms with Crippen molar-refractivity contribution in [3.63, 3.8) is 0 Å². The van der Waals surface area contributed by atoms with Crippen molar-refractivity contribution >= 4 is 42.3 Å². The van der Waals surface area contributed by atoms with Crippen LogP contribution in [0.4, 0.5) is 10.2 Å². The number of anilines is 1. The summed E-state index contributed by atoms with van der Waals surface area (Å²) in [4.78, 5) is 24.2. The number of esters is 1. The van der Waals surface area contributed by atoms with Crippen LogP contribution in [0.5, 0.6) is 5.75 Å². The Balaban J connectivity index is 1.54. The van der Waals surface area contributed by atoms with Crippen LogP contribution < -0.4 is 15.3 Å². The van der Waals surface area contributed by atoms with Gasteiger partial charge in [0.2, 0.25) is 0 Å². The molecule has 16 heteroatoms. The van der Waals surface area contributed by atoms with E-state index in [0.29, 0.717) is 0 Å². The topological polar surface area (TPSA) is 173 Å². The van der Waals surface area contributed by atoms with E-state index in [1.54, 1.807) is 32.0 Å². The number of imidazole rings is 1. The van der Waals surface area contributed by atoms with Crippen LogP contribution in [0.15, 0.2) is 43.0 Å². The lowest BCUT2D eigenvalue weighted by atomic mass is 10.1. The quantitative estimate of drug-likeness (QED) is 0.184. The monoisotopic (exact) mass is 572 g/mol. The number of nitrogens with two attached hydrogens (primary N) is 1. The molecule has 1 aliphatic rings. The molecule has 2 aromatic heterocycles. The molecule has 0 aliphatic carbocycles. The third-order valence-electron chi connectivity index (χ3n) is 5.45. The summed E-state index contributed by atoms with van der Waals surface area (Å²) in [6.07, 6.45) is -3.01. The lowest BCUT2D eigenvalue weighted by Gasteiger charge is -2.25. The molecule has 0 unspecified atom stereocenters. The van der Waals surface area contributed by atoms with Crippen molar-refractivity contribution < 1.29 is 37.4 Å². The minimum Gasteiger partial charge on any atom is -0.462 e. The number of halogens is 2. The van der Waals surface area contributed by atoms with Crippen molar-refractivity contribution in [3.8, 4) is 5.75 Å². The molecule has 6 atom stereocenters. The predicted molar refractivity (Wildman–Crippen MR) is 134 cm³/mol. The van der Waals surface area contributed by atoms with Gasteiger partial charge in [0, 0.05) is 0 Å². The fraction of sp³-hybridized carbons (Fsp3) is 0.455. The summed E-state index contributed by atoms with van der Waals surface area (Å²) >= 11 is 6.07. The highest BCUT2D eigenvalue weighted by Crippen LogP contribution is 2.49. The summed E-state index contributed by atoms with van der Waals surface area (Å²) in [7, 11) is -4.30. The smallest absolute Gasteiger partial charge is 0.459 e. The standard InChI is InChI=1S/C22H27ClFN6O7P/c1-12(2)35-20(32)13(3)29-38(33,37-14-7-5-4-6-8-14)34-9-15-17(31)22(23,24)21(36-15)30-11-28-16-18(25)26-10-27-19(16)30/h4-8,10-13,15,17,21,31H,9H2,1-3H3,(H,29,33)(H2,25,26,27)/t13-,15-,17-,21-,22+,38+/m1/s1. The van der Waals surface area contributed by atoms with Gasteiger partial charge in [-0.1, -0.05) is 29.8 Å². The fourth-order valence-corrected chi connectivity index (χ4v) is 5.45. The molecule has 1 fully saturated rings. The van der Waals surface area contributed by atoms with Gasteiger partial charge in [0.1, 0.15) is 35.8 Å². The second-order valence-electron chi connectivity index (χ2n) is 8.76. The Labute approximate surface area is 222 Å². The molecule has 3 heterocycles. The van der Waals surface area contributed by atoms with Crippen LogP contribution in [0.3, 0.4) is 0 Å². The molecule has 3 aromatic rings. The number of aromatic nitrogens is 4. The van der Waals surface area contributed by atoms with Crippen molar-refractivity contribution in [1.29, 1.82) is 0 Å². The SMILES string of the molecule is CC(C)OC(=O)[C@@H](C)N[P@](=O)(OC[C@H]1O[C@@H](n2cnc3c(N)ncnc32)[C@](F)(Cl)[C@@H]1O)Oc1ccccc1. The maximum absolute atomic E-state index is 15.5. The molecule has 13 nitrogen and oxygen atoms in total. The van der Waals surface area contributed by atoms with Gasteiger partial charge in [0.25, 0.3) is 5.13 Å². The number of aliphatic hydroxyl groups is 1. The van der Waals surface area contributed by atoms with Crippen LogP contribution in [-0.4, -0.2) is 66.7 Å². The Bertz CT molecular complexity index is 1330. The number of para-hydroxylation sites is 1. The number of nitrogens with one attached hydrogen (secondary N) is 1. The average Bonchev–Trinajstić information content (AvgIpc) is 3.37. The van der Waals surface area contributed by atoms with Crippen LogP contribution in [0, 0.1) is 0 Å². The van der Waals surface area contributed by atoms with E-state index in [-0.39, 0.29) is 22.7 Å². The van der Waals surface area contributed by atoms with Gasteiger partial charge in [-0.3, -0.25) is 13.9 Å². The summed E-state index contributed by atoms with van der Waals surface area (Å²) in [5.41, 5.74) is 6.09. The van der Waals surface area contributed by atoms with E-state index >= 15 is 4.39 Å². The summed E-state index contributed by atoms with van der Waals surface area (Å²) in [6, 6.07) is 6.94. The highest BCUT2D eigenvalue weighted by Gasteiger charge is 2.58. The molecule has 0 saturated carbocycles. The Kier molecular flexibility index (Phi) is 8.21. The van der Waals surface area contributed by atoms with E-state index in [4.69, 9.17) is 35.9 Å². The molecule has 0 radical (unpaired) electrons. The third-order valence-corrected chi connectivity index (χ3v) is 7.51. The first-order chi connectivity index (χ1) is 17.9. The van der Waals surface area contributed by atoms with Gasteiger partial charge in [0.05, 0.1) is 19.0 Å². The molecular formula is C22H27ClFN6O7P. The lowest BCUT2D eigenvalue weighted by molar-refractivity contribution is -0.149. The highest BCUT2D eigenvalue weighted by molar-refractivity contribution is 7.52. The maximum Gasteiger partial charge on any atom is 0.459 e. The van der Waals surface area contributed by atoms with Crippen LogP contribution >= 0.6 is 19.3 Å². The molecule has 1 aliphatic heterocycles. The number of alkyl halides is 2. The minimum atomic E-state index is -4.30. The van der Waals surface area contributed by atoms with Gasteiger partial charge in [-0.15, -0.1) is 0 Å². The van der Waals surface area contributed by atoms with Crippen molar-refractivity contribution in [2.24, 2.45) is 0 Å². The summed E-state index contributed by atoms with van der Waals surface area (Å²) in [5.74, 6) is -0.478. The number of fused-ring (bicyclic) bond motifs is 1. The van der Waals surface area contributed by atoms with E-state index < -0.39 is 56.0 Å². The lowest BCUT2D eigenvalue weighted by Crippen LogP contribution is -2.40. The Morgan fingerprint density at radius 3 is 2.71 bits per heavy atom. The number of aliphatic hydroxyl groups excluding tert-OH is 1. The first-order valence-corrected chi connectivity index (χ1v) is 13.4. The van der Waals surface area contributed by atoms with Gasteiger partial charge >= 0.3 is 13.7 Å². The minimum absolute atomic E-state index is 0.0568. The van der Waals surface area contributed by atoms with Gasteiger partial charge in [-0.2, -0.15) is 5.09 Å². The number of hydrogen-bond donors (Lipinski definition) is 3. The Hall–Kier alpha value is -2.87. The molecule has 206 valence electrons. The second kappa shape index (κ2) is 11.1. The largest absolute Gasteiger partial charge is 0.462 e. The number of ether oxygens (including phenoxy) is 2. The van der Waals surface area contributed by atoms with Crippen LogP contribution in [0.1, 0.15) is 27.0 Å². The Morgan fingerprint density at radius 1 is 1.32 bits per heavy atom.